The second kappa shape index (κ2) is 7.39. The molecule has 14 heavy (non-hydrogen) atoms. The monoisotopic (exact) mass is 228 g/mol. The Kier molecular flexibility index (Phi) is 8.72. The van der Waals surface area contributed by atoms with Crippen LogP contribution >= 0.6 is 13.5 Å². The van der Waals surface area contributed by atoms with Crippen molar-refractivity contribution < 1.29 is 44.2 Å². The van der Waals surface area contributed by atoms with Crippen molar-refractivity contribution in [2.24, 2.45) is 4.99 Å². The first-order valence-corrected chi connectivity index (χ1v) is 3.77. The first kappa shape index (κ1) is 16.5. The summed E-state index contributed by atoms with van der Waals surface area (Å²) in [5.74, 6) is -1.19. The Labute approximate surface area is 112 Å². The summed E-state index contributed by atoms with van der Waals surface area (Å²) >= 11 is 0. The molecule has 0 N–H and O–H groups in total. The van der Waals surface area contributed by atoms with E-state index in [-0.39, 0.29) is 49.7 Å². The summed E-state index contributed by atoms with van der Waals surface area (Å²) in [5, 5.41) is 10.3. The fourth-order valence-corrected chi connectivity index (χ4v) is 0.826. The van der Waals surface area contributed by atoms with Gasteiger partial charge in [-0.2, -0.15) is 13.5 Å². The first-order chi connectivity index (χ1) is 5.65. The number of aliphatic imine (C=N–C) groups is 1. The van der Waals surface area contributed by atoms with Crippen LogP contribution in [0.15, 0.2) is 4.99 Å². The molecule has 0 bridgehead atoms. The standard InChI is InChI=1S/C7H12N2O3.Na.H2S/c1-3-9(2)7-8-5(4-12-7)6(10)11;;/h5H,3-4H2,1-2H3,(H,10,11);;1H2/q;+1;/p-1/t5-;;/m0../s1. The van der Waals surface area contributed by atoms with Gasteiger partial charge in [-0.3, -0.25) is 0 Å². The van der Waals surface area contributed by atoms with E-state index in [0.29, 0.717) is 6.02 Å². The molecule has 1 atom stereocenters. The predicted molar refractivity (Wildman–Crippen MR) is 50.9 cm³/mol. The van der Waals surface area contributed by atoms with Crippen LogP contribution < -0.4 is 34.7 Å². The van der Waals surface area contributed by atoms with Gasteiger partial charge in [0.2, 0.25) is 0 Å². The molecular formula is C7H13N2NaO3S. The van der Waals surface area contributed by atoms with Crippen LogP contribution in [0.1, 0.15) is 6.92 Å². The van der Waals surface area contributed by atoms with Crippen LogP contribution in [0.5, 0.6) is 0 Å². The minimum absolute atomic E-state index is 0. The minimum atomic E-state index is -1.19. The smallest absolute Gasteiger partial charge is 0.548 e. The molecular weight excluding hydrogens is 215 g/mol. The maximum atomic E-state index is 10.3. The van der Waals surface area contributed by atoms with Crippen molar-refractivity contribution in [1.29, 1.82) is 0 Å². The number of carbonyl (C=O) groups is 1. The van der Waals surface area contributed by atoms with Gasteiger partial charge in [-0.15, -0.1) is 0 Å². The van der Waals surface area contributed by atoms with Gasteiger partial charge in [-0.1, -0.05) is 0 Å². The fraction of sp³-hybridized carbons (Fsp3) is 0.714. The van der Waals surface area contributed by atoms with Gasteiger partial charge in [0.25, 0.3) is 6.02 Å². The van der Waals surface area contributed by atoms with E-state index in [1.165, 1.54) is 0 Å². The summed E-state index contributed by atoms with van der Waals surface area (Å²) in [5.41, 5.74) is 0. The van der Waals surface area contributed by atoms with Gasteiger partial charge >= 0.3 is 29.6 Å². The summed E-state index contributed by atoms with van der Waals surface area (Å²) < 4.78 is 5.03. The van der Waals surface area contributed by atoms with Crippen LogP contribution in [-0.2, 0) is 9.53 Å². The number of carbonyl (C=O) groups excluding carboxylic acids is 1. The van der Waals surface area contributed by atoms with Crippen LogP contribution in [0, 0.1) is 0 Å². The molecule has 0 spiro atoms. The van der Waals surface area contributed by atoms with E-state index < -0.39 is 12.0 Å². The minimum Gasteiger partial charge on any atom is -0.548 e. The molecule has 76 valence electrons. The van der Waals surface area contributed by atoms with Crippen molar-refractivity contribution >= 4 is 25.5 Å². The molecule has 0 radical (unpaired) electrons. The molecule has 1 rings (SSSR count). The molecule has 0 amide bonds. The van der Waals surface area contributed by atoms with Crippen molar-refractivity contribution in [3.05, 3.63) is 0 Å². The van der Waals surface area contributed by atoms with Crippen molar-refractivity contribution in [3.8, 4) is 0 Å². The third kappa shape index (κ3) is 4.08. The number of nitrogens with zero attached hydrogens (tertiary/aromatic N) is 2. The normalized spacial score (nSPS) is 18.4. The average Bonchev–Trinajstić information content (AvgIpc) is 2.51. The van der Waals surface area contributed by atoms with Gasteiger partial charge in [-0.05, 0) is 6.92 Å². The van der Waals surface area contributed by atoms with Gasteiger partial charge in [-0.25, -0.2) is 4.99 Å². The Bertz CT molecular complexity index is 225. The van der Waals surface area contributed by atoms with Gasteiger partial charge in [0, 0.05) is 13.6 Å². The molecule has 1 aliphatic rings. The SMILES string of the molecule is CCN(C)C1=N[C@H](C(=O)[O-])CO1.S.[Na+]. The number of amidine groups is 1. The third-order valence-electron chi connectivity index (χ3n) is 1.71. The van der Waals surface area contributed by atoms with Crippen LogP contribution in [0.4, 0.5) is 0 Å². The van der Waals surface area contributed by atoms with E-state index in [0.717, 1.165) is 6.54 Å². The first-order valence-electron chi connectivity index (χ1n) is 3.77. The Balaban J connectivity index is 0. The van der Waals surface area contributed by atoms with Gasteiger partial charge < -0.3 is 19.5 Å². The number of ether oxygens (including phenoxy) is 1. The zero-order valence-electron chi connectivity index (χ0n) is 8.61. The summed E-state index contributed by atoms with van der Waals surface area (Å²) in [6.45, 7) is 2.75. The zero-order valence-corrected chi connectivity index (χ0v) is 11.6. The van der Waals surface area contributed by atoms with Crippen molar-refractivity contribution in [2.75, 3.05) is 20.2 Å². The number of hydrogen-bond donors (Lipinski definition) is 0. The largest absolute Gasteiger partial charge is 1.00 e. The van der Waals surface area contributed by atoms with E-state index in [1.807, 2.05) is 6.92 Å². The van der Waals surface area contributed by atoms with E-state index in [1.54, 1.807) is 11.9 Å². The van der Waals surface area contributed by atoms with Crippen LogP contribution in [0.2, 0.25) is 0 Å². The molecule has 0 aromatic heterocycles. The molecule has 0 aromatic carbocycles. The van der Waals surface area contributed by atoms with E-state index in [4.69, 9.17) is 4.74 Å². The quantitative estimate of drug-likeness (QED) is 0.447. The molecule has 7 heteroatoms. The molecule has 0 saturated heterocycles. The van der Waals surface area contributed by atoms with Gasteiger partial charge in [0.15, 0.2) is 0 Å². The van der Waals surface area contributed by atoms with Gasteiger partial charge in [0.05, 0.1) is 5.97 Å². The predicted octanol–water partition coefficient (Wildman–Crippen LogP) is -4.44. The maximum Gasteiger partial charge on any atom is 1.00 e. The molecule has 0 saturated carbocycles. The summed E-state index contributed by atoms with van der Waals surface area (Å²) in [6, 6.07) is -0.458. The Morgan fingerprint density at radius 3 is 2.71 bits per heavy atom. The third-order valence-corrected chi connectivity index (χ3v) is 1.71. The second-order valence-corrected chi connectivity index (χ2v) is 2.57. The maximum absolute atomic E-state index is 10.3. The van der Waals surface area contributed by atoms with E-state index >= 15 is 0 Å². The molecule has 0 fully saturated rings. The zero-order chi connectivity index (χ0) is 9.14. The van der Waals surface area contributed by atoms with E-state index in [2.05, 4.69) is 4.99 Å². The Morgan fingerprint density at radius 2 is 2.36 bits per heavy atom. The number of aliphatic carboxylic acids is 1. The van der Waals surface area contributed by atoms with Crippen LogP contribution in [0.25, 0.3) is 0 Å². The summed E-state index contributed by atoms with van der Waals surface area (Å²) in [7, 11) is 1.79. The fourth-order valence-electron chi connectivity index (χ4n) is 0.826. The van der Waals surface area contributed by atoms with Crippen molar-refractivity contribution in [2.45, 2.75) is 13.0 Å². The Hall–Kier alpha value is 0.0900. The summed E-state index contributed by atoms with van der Waals surface area (Å²) in [4.78, 5) is 15.9. The number of hydrogen-bond acceptors (Lipinski definition) is 5. The molecule has 1 aliphatic heterocycles. The second-order valence-electron chi connectivity index (χ2n) is 2.57. The number of carboxylic acid groups (broad SMARTS) is 1. The van der Waals surface area contributed by atoms with Crippen LogP contribution in [-0.4, -0.2) is 43.1 Å². The van der Waals surface area contributed by atoms with Gasteiger partial charge in [0.1, 0.15) is 12.6 Å². The van der Waals surface area contributed by atoms with Crippen molar-refractivity contribution in [1.82, 2.24) is 4.90 Å². The topological polar surface area (TPSA) is 65.0 Å². The molecule has 5 nitrogen and oxygen atoms in total. The van der Waals surface area contributed by atoms with Crippen LogP contribution in [0.3, 0.4) is 0 Å². The number of rotatable bonds is 2. The Morgan fingerprint density at radius 1 is 1.79 bits per heavy atom. The molecule has 0 unspecified atom stereocenters. The molecule has 0 aromatic rings. The van der Waals surface area contributed by atoms with E-state index in [9.17, 15) is 9.90 Å². The summed E-state index contributed by atoms with van der Waals surface area (Å²) in [6.07, 6.45) is 0. The van der Waals surface area contributed by atoms with Crippen molar-refractivity contribution in [3.63, 3.8) is 0 Å². The number of carboxylic acids is 1. The average molecular weight is 228 g/mol. The molecule has 1 heterocycles. The molecule has 0 aliphatic carbocycles.